The van der Waals surface area contributed by atoms with Gasteiger partial charge in [0.1, 0.15) is 0 Å². The van der Waals surface area contributed by atoms with Gasteiger partial charge in [0.15, 0.2) is 5.38 Å². The maximum atomic E-state index is 10.8. The van der Waals surface area contributed by atoms with E-state index in [1.54, 1.807) is 13.8 Å². The Kier molecular flexibility index (Phi) is 5.24. The fourth-order valence-electron chi connectivity index (χ4n) is 0.586. The predicted molar refractivity (Wildman–Crippen MR) is 42.6 cm³/mol. The third-order valence-corrected chi connectivity index (χ3v) is 1.74. The van der Waals surface area contributed by atoms with Crippen molar-refractivity contribution in [3.05, 3.63) is 0 Å². The fourth-order valence-corrected chi connectivity index (χ4v) is 0.827. The van der Waals surface area contributed by atoms with Gasteiger partial charge < -0.3 is 9.84 Å². The van der Waals surface area contributed by atoms with E-state index in [0.29, 0.717) is 13.0 Å². The van der Waals surface area contributed by atoms with E-state index in [2.05, 4.69) is 4.74 Å². The molecule has 0 aliphatic heterocycles. The molecule has 0 unspecified atom stereocenters. The summed E-state index contributed by atoms with van der Waals surface area (Å²) in [4.78, 5) is 10.8. The number of carbonyl (C=O) groups is 1. The van der Waals surface area contributed by atoms with Crippen LogP contribution in [0.15, 0.2) is 0 Å². The van der Waals surface area contributed by atoms with Gasteiger partial charge in [-0.05, 0) is 13.3 Å². The summed E-state index contributed by atoms with van der Waals surface area (Å²) in [5, 5.41) is 8.16. The molecule has 0 spiro atoms. The van der Waals surface area contributed by atoms with E-state index in [0.717, 1.165) is 0 Å². The molecule has 3 nitrogen and oxygen atoms in total. The Hall–Kier alpha value is -0.280. The van der Waals surface area contributed by atoms with E-state index in [1.165, 1.54) is 0 Å². The minimum absolute atomic E-state index is 0.290. The highest BCUT2D eigenvalue weighted by atomic mass is 35.5. The van der Waals surface area contributed by atoms with Gasteiger partial charge in [-0.3, -0.25) is 4.79 Å². The van der Waals surface area contributed by atoms with Crippen molar-refractivity contribution < 1.29 is 14.6 Å². The molecule has 0 aromatic heterocycles. The average Bonchev–Trinajstić information content (AvgIpc) is 2.02. The van der Waals surface area contributed by atoms with Crippen molar-refractivity contribution in [1.29, 1.82) is 0 Å². The van der Waals surface area contributed by atoms with Crippen LogP contribution in [-0.2, 0) is 9.53 Å². The molecule has 0 amide bonds. The molecule has 0 bridgehead atoms. The van der Waals surface area contributed by atoms with E-state index in [1.807, 2.05) is 0 Å². The number of esters is 1. The summed E-state index contributed by atoms with van der Waals surface area (Å²) in [6.07, 6.45) is -0.358. The third kappa shape index (κ3) is 3.58. The van der Waals surface area contributed by atoms with Gasteiger partial charge >= 0.3 is 5.97 Å². The zero-order valence-electron chi connectivity index (χ0n) is 6.71. The summed E-state index contributed by atoms with van der Waals surface area (Å²) in [5.74, 6) is -0.552. The molecular formula is C7H13ClO3. The normalized spacial score (nSPS) is 15.6. The molecule has 4 heteroatoms. The first-order valence-electron chi connectivity index (χ1n) is 3.62. The van der Waals surface area contributed by atoms with Crippen molar-refractivity contribution in [3.63, 3.8) is 0 Å². The summed E-state index contributed by atoms with van der Waals surface area (Å²) < 4.78 is 4.60. The van der Waals surface area contributed by atoms with E-state index in [-0.39, 0.29) is 0 Å². The second-order valence-electron chi connectivity index (χ2n) is 2.13. The Morgan fingerprint density at radius 2 is 2.18 bits per heavy atom. The lowest BCUT2D eigenvalue weighted by molar-refractivity contribution is -0.144. The molecule has 0 saturated carbocycles. The quantitative estimate of drug-likeness (QED) is 0.517. The molecule has 11 heavy (non-hydrogen) atoms. The van der Waals surface area contributed by atoms with Crippen molar-refractivity contribution in [1.82, 2.24) is 0 Å². The molecule has 0 aromatic carbocycles. The van der Waals surface area contributed by atoms with E-state index in [4.69, 9.17) is 16.7 Å². The largest absolute Gasteiger partial charge is 0.465 e. The minimum Gasteiger partial charge on any atom is -0.465 e. The van der Waals surface area contributed by atoms with Crippen LogP contribution in [0.25, 0.3) is 0 Å². The standard InChI is InChI=1S/C7H13ClO3/c1-3-5(9)6(8)7(10)11-4-2/h5-6,9H,3-4H2,1-2H3/t5-,6-/m1/s1. The van der Waals surface area contributed by atoms with Crippen molar-refractivity contribution in [2.75, 3.05) is 6.61 Å². The minimum atomic E-state index is -0.931. The van der Waals surface area contributed by atoms with E-state index in [9.17, 15) is 4.79 Å². The number of hydrogen-bond donors (Lipinski definition) is 1. The average molecular weight is 181 g/mol. The lowest BCUT2D eigenvalue weighted by atomic mass is 10.2. The summed E-state index contributed by atoms with van der Waals surface area (Å²) >= 11 is 5.54. The van der Waals surface area contributed by atoms with Crippen LogP contribution in [0.5, 0.6) is 0 Å². The summed E-state index contributed by atoms with van der Waals surface area (Å²) in [6, 6.07) is 0. The molecule has 2 atom stereocenters. The molecule has 0 rings (SSSR count). The third-order valence-electron chi connectivity index (χ3n) is 1.27. The topological polar surface area (TPSA) is 46.5 Å². The number of aliphatic hydroxyl groups is 1. The maximum absolute atomic E-state index is 10.8. The zero-order valence-corrected chi connectivity index (χ0v) is 7.47. The van der Waals surface area contributed by atoms with Crippen LogP contribution in [0.1, 0.15) is 20.3 Å². The Bertz CT molecular complexity index is 127. The van der Waals surface area contributed by atoms with Crippen LogP contribution >= 0.6 is 11.6 Å². The number of ether oxygens (including phenoxy) is 1. The van der Waals surface area contributed by atoms with Crippen molar-refractivity contribution >= 4 is 17.6 Å². The highest BCUT2D eigenvalue weighted by molar-refractivity contribution is 6.30. The molecule has 66 valence electrons. The van der Waals surface area contributed by atoms with Gasteiger partial charge in [0.2, 0.25) is 0 Å². The number of carbonyl (C=O) groups excluding carboxylic acids is 1. The molecule has 0 radical (unpaired) electrons. The van der Waals surface area contributed by atoms with Gasteiger partial charge in [0.05, 0.1) is 12.7 Å². The van der Waals surface area contributed by atoms with E-state index >= 15 is 0 Å². The molecule has 0 heterocycles. The molecule has 1 N–H and O–H groups in total. The lowest BCUT2D eigenvalue weighted by Gasteiger charge is -2.12. The maximum Gasteiger partial charge on any atom is 0.326 e. The molecular weight excluding hydrogens is 168 g/mol. The first-order chi connectivity index (χ1) is 5.13. The van der Waals surface area contributed by atoms with Crippen molar-refractivity contribution in [2.45, 2.75) is 31.7 Å². The Labute approximate surface area is 71.3 Å². The van der Waals surface area contributed by atoms with Crippen LogP contribution in [0.4, 0.5) is 0 Å². The molecule has 0 aromatic rings. The number of hydrogen-bond acceptors (Lipinski definition) is 3. The SMILES string of the molecule is CCOC(=O)[C@H](Cl)[C@H](O)CC. The molecule has 0 saturated heterocycles. The van der Waals surface area contributed by atoms with Gasteiger partial charge in [0.25, 0.3) is 0 Å². The monoisotopic (exact) mass is 180 g/mol. The molecule has 0 fully saturated rings. The predicted octanol–water partition coefficient (Wildman–Crippen LogP) is 0.928. The number of halogens is 1. The van der Waals surface area contributed by atoms with Crippen LogP contribution in [0.2, 0.25) is 0 Å². The Morgan fingerprint density at radius 3 is 2.55 bits per heavy atom. The first-order valence-corrected chi connectivity index (χ1v) is 4.05. The second kappa shape index (κ2) is 5.38. The number of rotatable bonds is 4. The molecule has 0 aliphatic rings. The second-order valence-corrected chi connectivity index (χ2v) is 2.60. The van der Waals surface area contributed by atoms with E-state index < -0.39 is 17.5 Å². The van der Waals surface area contributed by atoms with Crippen LogP contribution in [0, 0.1) is 0 Å². The molecule has 0 aliphatic carbocycles. The van der Waals surface area contributed by atoms with Gasteiger partial charge in [0, 0.05) is 0 Å². The Morgan fingerprint density at radius 1 is 1.64 bits per heavy atom. The zero-order chi connectivity index (χ0) is 8.85. The first kappa shape index (κ1) is 10.7. The lowest BCUT2D eigenvalue weighted by Crippen LogP contribution is -2.30. The fraction of sp³-hybridized carbons (Fsp3) is 0.857. The van der Waals surface area contributed by atoms with Crippen LogP contribution in [0.3, 0.4) is 0 Å². The van der Waals surface area contributed by atoms with Gasteiger partial charge in [-0.1, -0.05) is 6.92 Å². The highest BCUT2D eigenvalue weighted by Gasteiger charge is 2.23. The van der Waals surface area contributed by atoms with Gasteiger partial charge in [-0.2, -0.15) is 0 Å². The number of aliphatic hydroxyl groups excluding tert-OH is 1. The smallest absolute Gasteiger partial charge is 0.326 e. The van der Waals surface area contributed by atoms with Gasteiger partial charge in [-0.15, -0.1) is 11.6 Å². The summed E-state index contributed by atoms with van der Waals surface area (Å²) in [7, 11) is 0. The van der Waals surface area contributed by atoms with Gasteiger partial charge in [-0.25, -0.2) is 0 Å². The van der Waals surface area contributed by atoms with Crippen LogP contribution < -0.4 is 0 Å². The van der Waals surface area contributed by atoms with Crippen molar-refractivity contribution in [3.8, 4) is 0 Å². The Balaban J connectivity index is 3.80. The number of alkyl halides is 1. The summed E-state index contributed by atoms with van der Waals surface area (Å²) in [6.45, 7) is 3.73. The van der Waals surface area contributed by atoms with Crippen molar-refractivity contribution in [2.24, 2.45) is 0 Å². The van der Waals surface area contributed by atoms with Crippen LogP contribution in [-0.4, -0.2) is 29.2 Å². The summed E-state index contributed by atoms with van der Waals surface area (Å²) in [5.41, 5.74) is 0. The highest BCUT2D eigenvalue weighted by Crippen LogP contribution is 2.08.